The number of hydrogen-bond donors (Lipinski definition) is 7. The van der Waals surface area contributed by atoms with Gasteiger partial charge in [0.2, 0.25) is 0 Å². The third-order valence-electron chi connectivity index (χ3n) is 6.81. The Bertz CT molecular complexity index is 1620. The molecule has 6 heterocycles. The summed E-state index contributed by atoms with van der Waals surface area (Å²) in [5.74, 6) is 0.184. The van der Waals surface area contributed by atoms with Crippen LogP contribution in [0.15, 0.2) is 25.3 Å². The number of rotatable bonds is 8. The number of aromatic nitrogens is 8. The van der Waals surface area contributed by atoms with Crippen molar-refractivity contribution in [3.8, 4) is 0 Å². The van der Waals surface area contributed by atoms with Gasteiger partial charge >= 0.3 is 7.82 Å². The van der Waals surface area contributed by atoms with Crippen LogP contribution in [0.5, 0.6) is 0 Å². The predicted molar refractivity (Wildman–Crippen MR) is 133 cm³/mol. The lowest BCUT2D eigenvalue weighted by molar-refractivity contribution is -0.0585. The fraction of sp³-hybridized carbons (Fsp3) is 0.500. The standard InChI is InChI=1S/C20H25N10O10P/c21-15-9-17(25-3-23-15)29(5-27-9)19-12(33)11(32)8(39-19)2-37-41(35,36)40-14-7(1-31)38-20(13(14)34)30-6-28-10-16(22)24-4-26-18(10)30/h3-8,11-14,19-20,31-34H,1-2H2,(H,35,36)(H2,21,23,25)(H2,22,24,26)/t7-,8-,11-,12-,13-,14-,19-,20-/m0/s1. The molecule has 9 N–H and O–H groups in total. The maximum Gasteiger partial charge on any atom is 0.472 e. The number of anilines is 2. The lowest BCUT2D eigenvalue weighted by atomic mass is 10.1. The molecule has 4 aromatic rings. The zero-order chi connectivity index (χ0) is 29.1. The van der Waals surface area contributed by atoms with E-state index < -0.39 is 70.1 Å². The molecular weight excluding hydrogens is 571 g/mol. The molecule has 4 aromatic heterocycles. The van der Waals surface area contributed by atoms with Gasteiger partial charge in [0, 0.05) is 0 Å². The maximum atomic E-state index is 12.9. The number of hydrogen-bond acceptors (Lipinski definition) is 17. The molecule has 2 fully saturated rings. The number of phosphoric ester groups is 1. The van der Waals surface area contributed by atoms with E-state index in [0.717, 1.165) is 0 Å². The first-order valence-electron chi connectivity index (χ1n) is 12.1. The highest BCUT2D eigenvalue weighted by atomic mass is 31.2. The van der Waals surface area contributed by atoms with Crippen LogP contribution in [0.1, 0.15) is 12.5 Å². The summed E-state index contributed by atoms with van der Waals surface area (Å²) in [6.45, 7) is -1.39. The normalized spacial score (nSPS) is 31.7. The van der Waals surface area contributed by atoms with Gasteiger partial charge in [-0.2, -0.15) is 0 Å². The zero-order valence-electron chi connectivity index (χ0n) is 20.8. The highest BCUT2D eigenvalue weighted by molar-refractivity contribution is 7.47. The Balaban J connectivity index is 1.14. The highest BCUT2D eigenvalue weighted by Gasteiger charge is 2.50. The predicted octanol–water partition coefficient (Wildman–Crippen LogP) is -2.80. The van der Waals surface area contributed by atoms with Crippen LogP contribution in [-0.2, 0) is 23.1 Å². The van der Waals surface area contributed by atoms with Crippen molar-refractivity contribution in [1.82, 2.24) is 39.0 Å². The van der Waals surface area contributed by atoms with Gasteiger partial charge in [-0.3, -0.25) is 18.2 Å². The Hall–Kier alpha value is -3.43. The van der Waals surface area contributed by atoms with E-state index in [1.54, 1.807) is 0 Å². The van der Waals surface area contributed by atoms with Crippen LogP contribution >= 0.6 is 7.82 Å². The van der Waals surface area contributed by atoms with Crippen molar-refractivity contribution >= 4 is 41.8 Å². The minimum absolute atomic E-state index is 0.0864. The molecule has 220 valence electrons. The number of phosphoric acid groups is 1. The Morgan fingerprint density at radius 3 is 1.93 bits per heavy atom. The summed E-state index contributed by atoms with van der Waals surface area (Å²) in [5.41, 5.74) is 12.5. The van der Waals surface area contributed by atoms with Crippen molar-refractivity contribution in [2.45, 2.75) is 49.1 Å². The molecule has 2 saturated heterocycles. The van der Waals surface area contributed by atoms with Crippen LogP contribution in [-0.4, -0.2) is 114 Å². The summed E-state index contributed by atoms with van der Waals surface area (Å²) in [4.78, 5) is 34.4. The quantitative estimate of drug-likeness (QED) is 0.101. The third kappa shape index (κ3) is 4.78. The van der Waals surface area contributed by atoms with Crippen molar-refractivity contribution in [2.24, 2.45) is 0 Å². The van der Waals surface area contributed by atoms with E-state index in [1.165, 1.54) is 34.4 Å². The summed E-state index contributed by atoms with van der Waals surface area (Å²) >= 11 is 0. The molecule has 41 heavy (non-hydrogen) atoms. The van der Waals surface area contributed by atoms with Crippen molar-refractivity contribution in [3.05, 3.63) is 25.3 Å². The van der Waals surface area contributed by atoms with E-state index in [4.69, 9.17) is 30.0 Å². The van der Waals surface area contributed by atoms with Crippen molar-refractivity contribution in [1.29, 1.82) is 0 Å². The minimum atomic E-state index is -4.96. The molecule has 21 heteroatoms. The minimum Gasteiger partial charge on any atom is -0.394 e. The first-order chi connectivity index (χ1) is 19.6. The molecule has 2 aliphatic heterocycles. The lowest BCUT2D eigenvalue weighted by Gasteiger charge is -2.23. The van der Waals surface area contributed by atoms with E-state index in [9.17, 15) is 29.9 Å². The van der Waals surface area contributed by atoms with E-state index in [-0.39, 0.29) is 34.0 Å². The van der Waals surface area contributed by atoms with Gasteiger partial charge in [-0.1, -0.05) is 0 Å². The number of fused-ring (bicyclic) bond motifs is 2. The topological polar surface area (TPSA) is 294 Å². The largest absolute Gasteiger partial charge is 0.472 e. The van der Waals surface area contributed by atoms with Gasteiger partial charge in [-0.05, 0) is 0 Å². The second kappa shape index (κ2) is 10.4. The zero-order valence-corrected chi connectivity index (χ0v) is 21.7. The smallest absolute Gasteiger partial charge is 0.394 e. The molecule has 9 atom stereocenters. The number of ether oxygens (including phenoxy) is 2. The van der Waals surface area contributed by atoms with E-state index >= 15 is 0 Å². The molecule has 2 aliphatic rings. The molecule has 6 rings (SSSR count). The summed E-state index contributed by atoms with van der Waals surface area (Å²) in [6.07, 6.45) is -6.18. The molecule has 0 bridgehead atoms. The van der Waals surface area contributed by atoms with Crippen LogP contribution in [0, 0.1) is 0 Å². The van der Waals surface area contributed by atoms with Crippen molar-refractivity contribution in [3.63, 3.8) is 0 Å². The van der Waals surface area contributed by atoms with Crippen LogP contribution in [0.2, 0.25) is 0 Å². The van der Waals surface area contributed by atoms with Crippen LogP contribution in [0.25, 0.3) is 22.3 Å². The van der Waals surface area contributed by atoms with Crippen molar-refractivity contribution in [2.75, 3.05) is 24.7 Å². The highest BCUT2D eigenvalue weighted by Crippen LogP contribution is 2.49. The van der Waals surface area contributed by atoms with Gasteiger partial charge in [0.1, 0.15) is 60.3 Å². The monoisotopic (exact) mass is 596 g/mol. The van der Waals surface area contributed by atoms with E-state index in [0.29, 0.717) is 0 Å². The summed E-state index contributed by atoms with van der Waals surface area (Å²) < 4.78 is 37.1. The van der Waals surface area contributed by atoms with Gasteiger partial charge in [-0.25, -0.2) is 34.5 Å². The van der Waals surface area contributed by atoms with Crippen LogP contribution < -0.4 is 11.5 Å². The summed E-state index contributed by atoms with van der Waals surface area (Å²) in [6, 6.07) is 0. The molecule has 20 nitrogen and oxygen atoms in total. The van der Waals surface area contributed by atoms with Gasteiger partial charge in [0.15, 0.2) is 35.4 Å². The number of nitrogens with zero attached hydrogens (tertiary/aromatic N) is 8. The lowest BCUT2D eigenvalue weighted by Crippen LogP contribution is -2.36. The molecule has 0 aliphatic carbocycles. The van der Waals surface area contributed by atoms with E-state index in [2.05, 4.69) is 29.9 Å². The number of nitrogen functional groups attached to an aromatic ring is 2. The Morgan fingerprint density at radius 1 is 0.829 bits per heavy atom. The third-order valence-corrected chi connectivity index (χ3v) is 7.79. The molecule has 0 radical (unpaired) electrons. The summed E-state index contributed by atoms with van der Waals surface area (Å²) in [7, 11) is -4.96. The molecular formula is C20H25N10O10P. The van der Waals surface area contributed by atoms with Gasteiger partial charge in [0.25, 0.3) is 0 Å². The second-order valence-corrected chi connectivity index (χ2v) is 10.7. The second-order valence-electron chi connectivity index (χ2n) is 9.28. The number of imidazole rings is 2. The molecule has 0 saturated carbocycles. The fourth-order valence-electron chi connectivity index (χ4n) is 4.79. The average Bonchev–Trinajstić information content (AvgIpc) is 3.70. The van der Waals surface area contributed by atoms with E-state index in [1.807, 2.05) is 0 Å². The Morgan fingerprint density at radius 2 is 1.37 bits per heavy atom. The van der Waals surface area contributed by atoms with Gasteiger partial charge < -0.3 is 46.3 Å². The molecule has 0 amide bonds. The molecule has 0 spiro atoms. The first-order valence-corrected chi connectivity index (χ1v) is 13.6. The maximum absolute atomic E-state index is 12.9. The number of nitrogens with two attached hydrogens (primary N) is 2. The van der Waals surface area contributed by atoms with Gasteiger partial charge in [0.05, 0.1) is 25.9 Å². The Labute approximate surface area is 228 Å². The molecule has 1 unspecified atom stereocenters. The van der Waals surface area contributed by atoms with Crippen molar-refractivity contribution < 1.29 is 48.4 Å². The average molecular weight is 596 g/mol. The summed E-state index contributed by atoms with van der Waals surface area (Å²) in [5, 5.41) is 41.8. The fourth-order valence-corrected chi connectivity index (χ4v) is 5.75. The first kappa shape index (κ1) is 27.7. The SMILES string of the molecule is Nc1ncnc2c1ncn2[C@H]1O[C@@H](COP(=O)(O)O[C@@H]2[C@H](O)[C@@H](n3cnc4c(N)ncnc43)O[C@H]2CO)[C@H](O)[C@@H]1O. The van der Waals surface area contributed by atoms with Gasteiger partial charge in [-0.15, -0.1) is 0 Å². The Kier molecular flexibility index (Phi) is 7.06. The molecule has 0 aromatic carbocycles. The number of aliphatic hydroxyl groups excluding tert-OH is 4. The number of aliphatic hydroxyl groups is 4. The van der Waals surface area contributed by atoms with Crippen LogP contribution in [0.3, 0.4) is 0 Å². The van der Waals surface area contributed by atoms with Crippen LogP contribution in [0.4, 0.5) is 11.6 Å².